The molecule has 0 spiro atoms. The Kier molecular flexibility index (Phi) is 2.52. The summed E-state index contributed by atoms with van der Waals surface area (Å²) in [6, 6.07) is 4.37. The smallest absolute Gasteiger partial charge is 0.231 e. The summed E-state index contributed by atoms with van der Waals surface area (Å²) >= 11 is 0. The monoisotopic (exact) mass is 311 g/mol. The van der Waals surface area contributed by atoms with E-state index in [1.54, 1.807) is 13.2 Å². The molecule has 0 saturated carbocycles. The summed E-state index contributed by atoms with van der Waals surface area (Å²) in [4.78, 5) is 12.3. The zero-order valence-corrected chi connectivity index (χ0v) is 12.8. The number of ketones is 1. The number of methoxy groups -OCH3 is 1. The number of allylic oxidation sites excluding steroid dienone is 2. The molecule has 4 aliphatic rings. The largest absolute Gasteiger partial charge is 0.493 e. The van der Waals surface area contributed by atoms with Gasteiger partial charge in [0.1, 0.15) is 0 Å². The van der Waals surface area contributed by atoms with Crippen LogP contribution in [0.4, 0.5) is 0 Å². The molecular formula is C18H17NO4. The Bertz CT molecular complexity index is 794. The van der Waals surface area contributed by atoms with Crippen LogP contribution in [0.5, 0.6) is 11.5 Å². The van der Waals surface area contributed by atoms with E-state index in [1.165, 1.54) is 11.1 Å². The van der Waals surface area contributed by atoms with Gasteiger partial charge in [0.2, 0.25) is 12.6 Å². The Morgan fingerprint density at radius 3 is 2.96 bits per heavy atom. The highest BCUT2D eigenvalue weighted by Crippen LogP contribution is 2.52. The highest BCUT2D eigenvalue weighted by atomic mass is 16.7. The first kappa shape index (κ1) is 13.2. The van der Waals surface area contributed by atoms with Crippen molar-refractivity contribution in [1.29, 1.82) is 0 Å². The van der Waals surface area contributed by atoms with Gasteiger partial charge in [-0.2, -0.15) is 0 Å². The molecule has 1 fully saturated rings. The third-order valence-electron chi connectivity index (χ3n) is 5.43. The molecule has 2 aliphatic carbocycles. The molecule has 2 bridgehead atoms. The Morgan fingerprint density at radius 1 is 1.30 bits per heavy atom. The molecular weight excluding hydrogens is 294 g/mol. The summed E-state index contributed by atoms with van der Waals surface area (Å²) < 4.78 is 16.4. The summed E-state index contributed by atoms with van der Waals surface area (Å²) in [6.07, 6.45) is 5.55. The highest BCUT2D eigenvalue weighted by Gasteiger charge is 2.49. The maximum absolute atomic E-state index is 12.3. The molecule has 0 radical (unpaired) electrons. The number of piperidine rings is 1. The van der Waals surface area contributed by atoms with Crippen LogP contribution < -0.4 is 14.8 Å². The second-order valence-corrected chi connectivity index (χ2v) is 6.47. The predicted molar refractivity (Wildman–Crippen MR) is 82.5 cm³/mol. The summed E-state index contributed by atoms with van der Waals surface area (Å²) in [5.41, 5.74) is 3.35. The van der Waals surface area contributed by atoms with Gasteiger partial charge in [0.25, 0.3) is 0 Å². The van der Waals surface area contributed by atoms with Crippen molar-refractivity contribution in [3.63, 3.8) is 0 Å². The Balaban J connectivity index is 1.78. The number of ether oxygens (including phenoxy) is 3. The number of benzene rings is 1. The summed E-state index contributed by atoms with van der Waals surface area (Å²) in [6.45, 7) is 1.19. The van der Waals surface area contributed by atoms with Crippen molar-refractivity contribution in [2.75, 3.05) is 20.4 Å². The van der Waals surface area contributed by atoms with Gasteiger partial charge in [0, 0.05) is 11.5 Å². The first-order valence-electron chi connectivity index (χ1n) is 7.91. The number of carbonyl (C=O) groups excluding carboxylic acids is 1. The van der Waals surface area contributed by atoms with Gasteiger partial charge in [-0.1, -0.05) is 0 Å². The second-order valence-electron chi connectivity index (χ2n) is 6.47. The quantitative estimate of drug-likeness (QED) is 0.854. The van der Waals surface area contributed by atoms with E-state index >= 15 is 0 Å². The number of hydrogen-bond donors (Lipinski definition) is 1. The fourth-order valence-corrected chi connectivity index (χ4v) is 4.40. The topological polar surface area (TPSA) is 56.8 Å². The van der Waals surface area contributed by atoms with Crippen molar-refractivity contribution < 1.29 is 19.0 Å². The predicted octanol–water partition coefficient (Wildman–Crippen LogP) is 1.61. The van der Waals surface area contributed by atoms with Crippen LogP contribution in [0.3, 0.4) is 0 Å². The van der Waals surface area contributed by atoms with Crippen LogP contribution in [0.25, 0.3) is 0 Å². The minimum absolute atomic E-state index is 0.0454. The lowest BCUT2D eigenvalue weighted by molar-refractivity contribution is -0.114. The van der Waals surface area contributed by atoms with Crippen LogP contribution in [0.1, 0.15) is 17.5 Å². The van der Waals surface area contributed by atoms with Crippen molar-refractivity contribution in [2.45, 2.75) is 24.3 Å². The second kappa shape index (κ2) is 4.38. The number of hydrogen-bond acceptors (Lipinski definition) is 5. The SMILES string of the molecule is COC1=C[C@]23CCN[C@H](Cc4cc5c(cc42)OCO5)C3=CC1=O. The van der Waals surface area contributed by atoms with Crippen molar-refractivity contribution in [3.8, 4) is 11.5 Å². The fraction of sp³-hybridized carbons (Fsp3) is 0.389. The summed E-state index contributed by atoms with van der Waals surface area (Å²) in [5.74, 6) is 1.99. The zero-order chi connectivity index (χ0) is 15.6. The molecule has 5 heteroatoms. The van der Waals surface area contributed by atoms with Gasteiger partial charge in [-0.25, -0.2) is 0 Å². The van der Waals surface area contributed by atoms with Gasteiger partial charge in [0.15, 0.2) is 17.3 Å². The van der Waals surface area contributed by atoms with Crippen LogP contribution in [-0.2, 0) is 21.4 Å². The first-order valence-corrected chi connectivity index (χ1v) is 7.91. The molecule has 2 aliphatic heterocycles. The van der Waals surface area contributed by atoms with Gasteiger partial charge in [0.05, 0.1) is 7.11 Å². The molecule has 0 unspecified atom stereocenters. The molecule has 118 valence electrons. The molecule has 0 aromatic heterocycles. The molecule has 1 N–H and O–H groups in total. The van der Waals surface area contributed by atoms with E-state index in [1.807, 2.05) is 6.08 Å². The average Bonchev–Trinajstić information content (AvgIpc) is 3.00. The normalized spacial score (nSPS) is 30.1. The van der Waals surface area contributed by atoms with Crippen LogP contribution in [0, 0.1) is 0 Å². The third kappa shape index (κ3) is 1.63. The number of fused-ring (bicyclic) bond motifs is 2. The van der Waals surface area contributed by atoms with Crippen molar-refractivity contribution in [1.82, 2.24) is 5.32 Å². The highest BCUT2D eigenvalue weighted by molar-refractivity contribution is 6.05. The van der Waals surface area contributed by atoms with E-state index in [0.29, 0.717) is 5.76 Å². The fourth-order valence-electron chi connectivity index (χ4n) is 4.40. The maximum Gasteiger partial charge on any atom is 0.231 e. The van der Waals surface area contributed by atoms with Gasteiger partial charge in [-0.3, -0.25) is 4.79 Å². The molecule has 1 saturated heterocycles. The van der Waals surface area contributed by atoms with E-state index in [4.69, 9.17) is 14.2 Å². The van der Waals surface area contributed by atoms with E-state index in [9.17, 15) is 4.79 Å². The van der Waals surface area contributed by atoms with E-state index < -0.39 is 0 Å². The van der Waals surface area contributed by atoms with Crippen molar-refractivity contribution in [2.24, 2.45) is 0 Å². The van der Waals surface area contributed by atoms with Crippen LogP contribution >= 0.6 is 0 Å². The molecule has 23 heavy (non-hydrogen) atoms. The van der Waals surface area contributed by atoms with Crippen molar-refractivity contribution >= 4 is 5.78 Å². The number of rotatable bonds is 1. The summed E-state index contributed by atoms with van der Waals surface area (Å²) in [7, 11) is 1.56. The third-order valence-corrected chi connectivity index (χ3v) is 5.43. The van der Waals surface area contributed by atoms with Crippen LogP contribution in [0.2, 0.25) is 0 Å². The minimum Gasteiger partial charge on any atom is -0.493 e. The lowest BCUT2D eigenvalue weighted by Crippen LogP contribution is -2.53. The summed E-state index contributed by atoms with van der Waals surface area (Å²) in [5, 5.41) is 3.54. The molecule has 2 heterocycles. The molecule has 2 atom stereocenters. The molecule has 0 amide bonds. The van der Waals surface area contributed by atoms with Gasteiger partial charge < -0.3 is 19.5 Å². The van der Waals surface area contributed by atoms with Crippen LogP contribution in [0.15, 0.2) is 35.6 Å². The maximum atomic E-state index is 12.3. The Labute approximate surface area is 133 Å². The van der Waals surface area contributed by atoms with Gasteiger partial charge >= 0.3 is 0 Å². The van der Waals surface area contributed by atoms with Gasteiger partial charge in [-0.15, -0.1) is 0 Å². The van der Waals surface area contributed by atoms with Crippen molar-refractivity contribution in [3.05, 3.63) is 46.7 Å². The average molecular weight is 311 g/mol. The van der Waals surface area contributed by atoms with E-state index in [0.717, 1.165) is 36.5 Å². The molecule has 1 aromatic rings. The lowest BCUT2D eigenvalue weighted by atomic mass is 9.59. The molecule has 1 aromatic carbocycles. The standard InChI is InChI=1S/C18H17NO4/c1-21-17-8-18-2-3-19-13(12(18)6-14(17)20)4-10-5-15-16(7-11(10)18)23-9-22-15/h5-8,13,19H,2-4,9H2,1H3/t13-,18-/m1/s1. The number of carbonyl (C=O) groups is 1. The van der Waals surface area contributed by atoms with E-state index in [2.05, 4.69) is 17.4 Å². The van der Waals surface area contributed by atoms with E-state index in [-0.39, 0.29) is 24.0 Å². The molecule has 5 nitrogen and oxygen atoms in total. The number of nitrogens with one attached hydrogen (secondary N) is 1. The lowest BCUT2D eigenvalue weighted by Gasteiger charge is -2.49. The van der Waals surface area contributed by atoms with Gasteiger partial charge in [-0.05, 0) is 60.4 Å². The zero-order valence-electron chi connectivity index (χ0n) is 12.8. The first-order chi connectivity index (χ1) is 11.2. The Hall–Kier alpha value is -2.27. The van der Waals surface area contributed by atoms with Crippen LogP contribution in [-0.4, -0.2) is 32.3 Å². The Morgan fingerprint density at radius 2 is 2.13 bits per heavy atom. The minimum atomic E-state index is -0.274. The molecule has 5 rings (SSSR count).